The Kier molecular flexibility index (Phi) is 3.58. The average molecular weight is 323 g/mol. The Morgan fingerprint density at radius 1 is 0.958 bits per heavy atom. The molecule has 8 heteroatoms. The lowest BCUT2D eigenvalue weighted by atomic mass is 10.1. The van der Waals surface area contributed by atoms with Crippen LogP contribution in [0.5, 0.6) is 0 Å². The average Bonchev–Trinajstić information content (AvgIpc) is 2.62. The smallest absolute Gasteiger partial charge is 0.181 e. The number of morpholine rings is 1. The lowest BCUT2D eigenvalue weighted by Gasteiger charge is -2.29. The maximum Gasteiger partial charge on any atom is 0.181 e. The Labute approximate surface area is 138 Å². The highest BCUT2D eigenvalue weighted by molar-refractivity contribution is 5.88. The van der Waals surface area contributed by atoms with Crippen LogP contribution in [0.4, 0.5) is 17.1 Å². The molecule has 8 nitrogen and oxygen atoms in total. The summed E-state index contributed by atoms with van der Waals surface area (Å²) >= 11 is 0. The van der Waals surface area contributed by atoms with Crippen LogP contribution in [-0.4, -0.2) is 46.2 Å². The van der Waals surface area contributed by atoms with Gasteiger partial charge in [0.2, 0.25) is 0 Å². The van der Waals surface area contributed by atoms with Crippen LogP contribution in [0.15, 0.2) is 30.7 Å². The Morgan fingerprint density at radius 2 is 1.67 bits per heavy atom. The molecular formula is C16H17N7O. The molecule has 3 aromatic rings. The second kappa shape index (κ2) is 5.89. The van der Waals surface area contributed by atoms with E-state index < -0.39 is 0 Å². The molecule has 24 heavy (non-hydrogen) atoms. The lowest BCUT2D eigenvalue weighted by molar-refractivity contribution is 0.122. The molecule has 0 aliphatic carbocycles. The van der Waals surface area contributed by atoms with Crippen molar-refractivity contribution in [3.63, 3.8) is 0 Å². The normalized spacial score (nSPS) is 14.9. The van der Waals surface area contributed by atoms with Crippen LogP contribution in [-0.2, 0) is 4.74 Å². The third-order valence-electron chi connectivity index (χ3n) is 4.01. The zero-order valence-corrected chi connectivity index (χ0v) is 13.0. The summed E-state index contributed by atoms with van der Waals surface area (Å²) in [6, 6.07) is 3.81. The molecule has 1 saturated heterocycles. The van der Waals surface area contributed by atoms with E-state index in [1.807, 2.05) is 12.1 Å². The van der Waals surface area contributed by atoms with E-state index in [1.54, 1.807) is 18.6 Å². The highest BCUT2D eigenvalue weighted by atomic mass is 16.5. The second-order valence-corrected chi connectivity index (χ2v) is 5.56. The maximum atomic E-state index is 6.25. The number of hydrogen-bond acceptors (Lipinski definition) is 8. The Morgan fingerprint density at radius 3 is 2.42 bits per heavy atom. The number of hydrogen-bond donors (Lipinski definition) is 2. The number of nitrogens with zero attached hydrogens (tertiary/aromatic N) is 5. The largest absolute Gasteiger partial charge is 0.398 e. The van der Waals surface area contributed by atoms with Crippen LogP contribution in [0, 0.1) is 0 Å². The zero-order chi connectivity index (χ0) is 16.5. The molecule has 3 heterocycles. The topological polar surface area (TPSA) is 116 Å². The molecule has 0 bridgehead atoms. The van der Waals surface area contributed by atoms with Crippen LogP contribution in [0.3, 0.4) is 0 Å². The van der Waals surface area contributed by atoms with Crippen LogP contribution in [0.25, 0.3) is 22.6 Å². The number of nitrogens with two attached hydrogens (primary N) is 2. The molecule has 1 aliphatic heterocycles. The van der Waals surface area contributed by atoms with Gasteiger partial charge in [-0.15, -0.1) is 0 Å². The summed E-state index contributed by atoms with van der Waals surface area (Å²) in [7, 11) is 0. The molecule has 1 fully saturated rings. The standard InChI is InChI=1S/C16H17N7O/c17-11-7-10(23-3-5-24-6-4-23)8-12(18)14(11)16-21-9-13-15(22-16)20-2-1-19-13/h1-2,7-9H,3-6,17-18H2. The third-order valence-corrected chi connectivity index (χ3v) is 4.01. The monoisotopic (exact) mass is 323 g/mol. The van der Waals surface area contributed by atoms with Gasteiger partial charge in [-0.3, -0.25) is 0 Å². The minimum absolute atomic E-state index is 0.450. The van der Waals surface area contributed by atoms with E-state index in [4.69, 9.17) is 16.2 Å². The van der Waals surface area contributed by atoms with E-state index >= 15 is 0 Å². The highest BCUT2D eigenvalue weighted by Crippen LogP contribution is 2.34. The number of anilines is 3. The van der Waals surface area contributed by atoms with Crippen LogP contribution >= 0.6 is 0 Å². The van der Waals surface area contributed by atoms with Crippen LogP contribution < -0.4 is 16.4 Å². The molecule has 0 atom stereocenters. The number of ether oxygens (including phenoxy) is 1. The summed E-state index contributed by atoms with van der Waals surface area (Å²) in [5, 5.41) is 0. The number of benzene rings is 1. The first kappa shape index (κ1) is 14.6. The molecule has 0 saturated carbocycles. The third kappa shape index (κ3) is 2.56. The number of rotatable bonds is 2. The van der Waals surface area contributed by atoms with Gasteiger partial charge in [0, 0.05) is 42.5 Å². The quantitative estimate of drug-likeness (QED) is 0.673. The van der Waals surface area contributed by atoms with Gasteiger partial charge in [-0.2, -0.15) is 0 Å². The van der Waals surface area contributed by atoms with Gasteiger partial charge >= 0.3 is 0 Å². The van der Waals surface area contributed by atoms with Crippen molar-refractivity contribution in [3.8, 4) is 11.4 Å². The number of nitrogen functional groups attached to an aromatic ring is 2. The predicted molar refractivity (Wildman–Crippen MR) is 92.4 cm³/mol. The Bertz CT molecular complexity index is 869. The van der Waals surface area contributed by atoms with Gasteiger partial charge in [0.15, 0.2) is 11.5 Å². The van der Waals surface area contributed by atoms with E-state index in [0.717, 1.165) is 18.8 Å². The molecule has 0 amide bonds. The SMILES string of the molecule is Nc1cc(N2CCOCC2)cc(N)c1-c1ncc2nccnc2n1. The van der Waals surface area contributed by atoms with Gasteiger partial charge in [0.25, 0.3) is 0 Å². The lowest BCUT2D eigenvalue weighted by Crippen LogP contribution is -2.36. The van der Waals surface area contributed by atoms with Gasteiger partial charge in [-0.25, -0.2) is 19.9 Å². The summed E-state index contributed by atoms with van der Waals surface area (Å²) in [5.74, 6) is 0.450. The van der Waals surface area contributed by atoms with Crippen molar-refractivity contribution in [2.75, 3.05) is 42.7 Å². The molecule has 2 aromatic heterocycles. The second-order valence-electron chi connectivity index (χ2n) is 5.56. The minimum Gasteiger partial charge on any atom is -0.398 e. The van der Waals surface area contributed by atoms with Gasteiger partial charge in [-0.05, 0) is 12.1 Å². The van der Waals surface area contributed by atoms with Crippen molar-refractivity contribution in [1.82, 2.24) is 19.9 Å². The van der Waals surface area contributed by atoms with E-state index in [2.05, 4.69) is 24.8 Å². The number of fused-ring (bicyclic) bond motifs is 1. The van der Waals surface area contributed by atoms with E-state index in [1.165, 1.54) is 0 Å². The molecule has 0 radical (unpaired) electrons. The van der Waals surface area contributed by atoms with Gasteiger partial charge in [0.1, 0.15) is 5.52 Å². The zero-order valence-electron chi connectivity index (χ0n) is 13.0. The van der Waals surface area contributed by atoms with Gasteiger partial charge < -0.3 is 21.1 Å². The first-order chi connectivity index (χ1) is 11.7. The fourth-order valence-electron chi connectivity index (χ4n) is 2.82. The molecule has 4 rings (SSSR count). The molecular weight excluding hydrogens is 306 g/mol. The summed E-state index contributed by atoms with van der Waals surface area (Å²) in [6.45, 7) is 3.04. The fourth-order valence-corrected chi connectivity index (χ4v) is 2.82. The van der Waals surface area contributed by atoms with Gasteiger partial charge in [0.05, 0.1) is 25.0 Å². The van der Waals surface area contributed by atoms with E-state index in [9.17, 15) is 0 Å². The summed E-state index contributed by atoms with van der Waals surface area (Å²) in [5.41, 5.74) is 16.3. The molecule has 1 aliphatic rings. The minimum atomic E-state index is 0.450. The molecule has 0 spiro atoms. The molecule has 0 unspecified atom stereocenters. The summed E-state index contributed by atoms with van der Waals surface area (Å²) < 4.78 is 5.38. The Hall–Kier alpha value is -3.00. The molecule has 4 N–H and O–H groups in total. The predicted octanol–water partition coefficient (Wildman–Crippen LogP) is 1.09. The summed E-state index contributed by atoms with van der Waals surface area (Å²) in [6.07, 6.45) is 4.82. The first-order valence-electron chi connectivity index (χ1n) is 7.68. The van der Waals surface area contributed by atoms with Crippen molar-refractivity contribution in [1.29, 1.82) is 0 Å². The van der Waals surface area contributed by atoms with Crippen LogP contribution in [0.1, 0.15) is 0 Å². The highest BCUT2D eigenvalue weighted by Gasteiger charge is 2.17. The van der Waals surface area contributed by atoms with Crippen molar-refractivity contribution >= 4 is 28.2 Å². The molecule has 122 valence electrons. The van der Waals surface area contributed by atoms with Crippen LogP contribution in [0.2, 0.25) is 0 Å². The first-order valence-corrected chi connectivity index (χ1v) is 7.68. The van der Waals surface area contributed by atoms with E-state index in [0.29, 0.717) is 47.1 Å². The van der Waals surface area contributed by atoms with Crippen molar-refractivity contribution in [2.24, 2.45) is 0 Å². The van der Waals surface area contributed by atoms with E-state index in [-0.39, 0.29) is 0 Å². The summed E-state index contributed by atoms with van der Waals surface area (Å²) in [4.78, 5) is 19.3. The van der Waals surface area contributed by atoms with Gasteiger partial charge in [-0.1, -0.05) is 0 Å². The van der Waals surface area contributed by atoms with Crippen molar-refractivity contribution in [2.45, 2.75) is 0 Å². The van der Waals surface area contributed by atoms with Crippen molar-refractivity contribution < 1.29 is 4.74 Å². The number of aromatic nitrogens is 4. The maximum absolute atomic E-state index is 6.25. The Balaban J connectivity index is 1.76. The molecule has 1 aromatic carbocycles. The van der Waals surface area contributed by atoms with Crippen molar-refractivity contribution in [3.05, 3.63) is 30.7 Å². The fraction of sp³-hybridized carbons (Fsp3) is 0.250.